The van der Waals surface area contributed by atoms with Crippen LogP contribution in [0, 0.1) is 0 Å². The predicted molar refractivity (Wildman–Crippen MR) is 87.8 cm³/mol. The van der Waals surface area contributed by atoms with E-state index in [4.69, 9.17) is 0 Å². The molecule has 22 heavy (non-hydrogen) atoms. The van der Waals surface area contributed by atoms with Crippen LogP contribution >= 0.6 is 0 Å². The molecule has 2 atom stereocenters. The van der Waals surface area contributed by atoms with Crippen LogP contribution in [0.5, 0.6) is 0 Å². The Balaban J connectivity index is 1.86. The van der Waals surface area contributed by atoms with Crippen LogP contribution in [0.4, 0.5) is 5.69 Å². The molecule has 1 aromatic heterocycles. The van der Waals surface area contributed by atoms with Crippen LogP contribution in [0.1, 0.15) is 37.9 Å². The number of hydrogen-bond acceptors (Lipinski definition) is 1. The smallest absolute Gasteiger partial charge is 0.296 e. The normalized spacial score (nSPS) is 18.1. The topological polar surface area (TPSA) is 24.2 Å². The maximum absolute atomic E-state index is 13.0. The number of hydrogen-bond donors (Lipinski definition) is 0. The van der Waals surface area contributed by atoms with Gasteiger partial charge in [-0.25, -0.2) is 0 Å². The molecular weight excluding hydrogens is 272 g/mol. The molecule has 1 aliphatic heterocycles. The van der Waals surface area contributed by atoms with Gasteiger partial charge in [0.05, 0.1) is 0 Å². The average molecular weight is 295 g/mol. The summed E-state index contributed by atoms with van der Waals surface area (Å²) in [6, 6.07) is 12.4. The molecule has 0 unspecified atom stereocenters. The summed E-state index contributed by atoms with van der Waals surface area (Å²) in [5, 5.41) is 0. The number of benzene rings is 1. The Labute approximate surface area is 132 Å². The molecule has 1 aliphatic rings. The summed E-state index contributed by atoms with van der Waals surface area (Å²) in [7, 11) is 0. The van der Waals surface area contributed by atoms with Crippen molar-refractivity contribution in [2.24, 2.45) is 0 Å². The minimum Gasteiger partial charge on any atom is -0.303 e. The number of aromatic nitrogens is 1. The van der Waals surface area contributed by atoms with Crippen molar-refractivity contribution < 1.29 is 9.36 Å². The Morgan fingerprint density at radius 2 is 1.95 bits per heavy atom. The van der Waals surface area contributed by atoms with Gasteiger partial charge in [0.25, 0.3) is 5.91 Å². The third-order valence-electron chi connectivity index (χ3n) is 4.58. The molecule has 0 bridgehead atoms. The zero-order chi connectivity index (χ0) is 15.7. The summed E-state index contributed by atoms with van der Waals surface area (Å²) in [5.74, 6) is 0.159. The van der Waals surface area contributed by atoms with E-state index < -0.39 is 0 Å². The Morgan fingerprint density at radius 3 is 2.64 bits per heavy atom. The second-order valence-electron chi connectivity index (χ2n) is 6.07. The third-order valence-corrected chi connectivity index (χ3v) is 4.58. The van der Waals surface area contributed by atoms with Crippen LogP contribution in [-0.4, -0.2) is 11.9 Å². The van der Waals surface area contributed by atoms with Crippen molar-refractivity contribution in [3.63, 3.8) is 0 Å². The average Bonchev–Trinajstić information content (AvgIpc) is 2.89. The monoisotopic (exact) mass is 295 g/mol. The molecule has 2 heterocycles. The van der Waals surface area contributed by atoms with Crippen molar-refractivity contribution in [2.45, 2.75) is 45.7 Å². The van der Waals surface area contributed by atoms with Gasteiger partial charge in [-0.1, -0.05) is 25.1 Å². The maximum Gasteiger partial charge on any atom is 0.296 e. The summed E-state index contributed by atoms with van der Waals surface area (Å²) in [6.45, 7) is 6.23. The molecule has 114 valence electrons. The summed E-state index contributed by atoms with van der Waals surface area (Å²) >= 11 is 0. The van der Waals surface area contributed by atoms with E-state index in [1.807, 2.05) is 47.0 Å². The van der Waals surface area contributed by atoms with Crippen LogP contribution in [0.3, 0.4) is 0 Å². The van der Waals surface area contributed by atoms with E-state index in [0.717, 1.165) is 18.5 Å². The molecule has 2 aromatic rings. The molecular formula is C19H23N2O+. The second kappa shape index (κ2) is 5.91. The van der Waals surface area contributed by atoms with Gasteiger partial charge >= 0.3 is 0 Å². The van der Waals surface area contributed by atoms with Crippen LogP contribution < -0.4 is 9.47 Å². The Bertz CT molecular complexity index is 678. The van der Waals surface area contributed by atoms with Crippen LogP contribution in [-0.2, 0) is 17.6 Å². The van der Waals surface area contributed by atoms with Gasteiger partial charge in [0.1, 0.15) is 0 Å². The summed E-state index contributed by atoms with van der Waals surface area (Å²) in [5.41, 5.74) is 3.62. The van der Waals surface area contributed by atoms with Crippen LogP contribution in [0.15, 0.2) is 48.8 Å². The largest absolute Gasteiger partial charge is 0.303 e. The van der Waals surface area contributed by atoms with Gasteiger partial charge in [0.15, 0.2) is 12.4 Å². The minimum atomic E-state index is -0.195. The van der Waals surface area contributed by atoms with Crippen molar-refractivity contribution >= 4 is 11.6 Å². The molecule has 0 spiro atoms. The Morgan fingerprint density at radius 1 is 1.27 bits per heavy atom. The minimum absolute atomic E-state index is 0.159. The fourth-order valence-corrected chi connectivity index (χ4v) is 3.19. The lowest BCUT2D eigenvalue weighted by molar-refractivity contribution is -0.705. The highest BCUT2D eigenvalue weighted by Crippen LogP contribution is 2.32. The lowest BCUT2D eigenvalue weighted by Crippen LogP contribution is -2.49. The number of aryl methyl sites for hydroxylation is 1. The zero-order valence-electron chi connectivity index (χ0n) is 13.5. The van der Waals surface area contributed by atoms with E-state index in [9.17, 15) is 4.79 Å². The van der Waals surface area contributed by atoms with E-state index in [1.165, 1.54) is 11.1 Å². The van der Waals surface area contributed by atoms with Gasteiger partial charge in [-0.15, -0.1) is 0 Å². The first-order valence-corrected chi connectivity index (χ1v) is 8.02. The molecule has 0 N–H and O–H groups in total. The molecule has 3 heteroatoms. The summed E-state index contributed by atoms with van der Waals surface area (Å²) < 4.78 is 2.00. The lowest BCUT2D eigenvalue weighted by atomic mass is 10.1. The fourth-order valence-electron chi connectivity index (χ4n) is 3.19. The van der Waals surface area contributed by atoms with E-state index in [0.29, 0.717) is 0 Å². The Kier molecular flexibility index (Phi) is 3.97. The number of amides is 1. The third kappa shape index (κ3) is 2.52. The standard InChI is InChI=1S/C19H23N2O/c1-4-16-9-11-20(12-10-16)15(3)19(22)21-14(2)13-17-7-5-6-8-18(17)21/h5-12,14-15H,4,13H2,1-3H3/q+1/t14-,15-/m0/s1. The van der Waals surface area contributed by atoms with Crippen molar-refractivity contribution in [3.05, 3.63) is 59.9 Å². The highest BCUT2D eigenvalue weighted by atomic mass is 16.2. The molecule has 1 aromatic carbocycles. The molecule has 0 saturated heterocycles. The first-order chi connectivity index (χ1) is 10.6. The quantitative estimate of drug-likeness (QED) is 0.799. The second-order valence-corrected chi connectivity index (χ2v) is 6.07. The number of nitrogens with zero attached hydrogens (tertiary/aromatic N) is 2. The molecule has 0 saturated carbocycles. The van der Waals surface area contributed by atoms with Crippen LogP contribution in [0.2, 0.25) is 0 Å². The van der Waals surface area contributed by atoms with Gasteiger partial charge in [0, 0.05) is 30.8 Å². The molecule has 3 rings (SSSR count). The number of fused-ring (bicyclic) bond motifs is 1. The van der Waals surface area contributed by atoms with Gasteiger partial charge in [-0.05, 0) is 37.0 Å². The van der Waals surface area contributed by atoms with Crippen molar-refractivity contribution in [2.75, 3.05) is 4.90 Å². The highest BCUT2D eigenvalue weighted by molar-refractivity contribution is 5.97. The maximum atomic E-state index is 13.0. The molecule has 1 amide bonds. The zero-order valence-corrected chi connectivity index (χ0v) is 13.5. The number of rotatable bonds is 3. The van der Waals surface area contributed by atoms with Gasteiger partial charge in [-0.2, -0.15) is 4.57 Å². The Hall–Kier alpha value is -2.16. The highest BCUT2D eigenvalue weighted by Gasteiger charge is 2.36. The van der Waals surface area contributed by atoms with Crippen LogP contribution in [0.25, 0.3) is 0 Å². The molecule has 0 radical (unpaired) electrons. The SMILES string of the molecule is CCc1cc[n+]([C@@H](C)C(=O)N2c3ccccc3C[C@@H]2C)cc1. The van der Waals surface area contributed by atoms with Crippen molar-refractivity contribution in [3.8, 4) is 0 Å². The number of carbonyl (C=O) groups is 1. The number of anilines is 1. The summed E-state index contributed by atoms with van der Waals surface area (Å²) in [4.78, 5) is 14.9. The van der Waals surface area contributed by atoms with E-state index in [2.05, 4.69) is 32.0 Å². The van der Waals surface area contributed by atoms with Gasteiger partial charge in [-0.3, -0.25) is 4.79 Å². The fraction of sp³-hybridized carbons (Fsp3) is 0.368. The molecule has 3 nitrogen and oxygen atoms in total. The number of pyridine rings is 1. The first kappa shape index (κ1) is 14.8. The van der Waals surface area contributed by atoms with Crippen molar-refractivity contribution in [1.29, 1.82) is 0 Å². The predicted octanol–water partition coefficient (Wildman–Crippen LogP) is 3.08. The number of para-hydroxylation sites is 1. The first-order valence-electron chi connectivity index (χ1n) is 8.02. The molecule has 0 fully saturated rings. The summed E-state index contributed by atoms with van der Waals surface area (Å²) in [6.07, 6.45) is 5.97. The van der Waals surface area contributed by atoms with E-state index in [-0.39, 0.29) is 18.0 Å². The molecule has 0 aliphatic carbocycles. The number of carbonyl (C=O) groups excluding carboxylic acids is 1. The van der Waals surface area contributed by atoms with E-state index >= 15 is 0 Å². The van der Waals surface area contributed by atoms with Crippen molar-refractivity contribution in [1.82, 2.24) is 0 Å². The van der Waals surface area contributed by atoms with Gasteiger partial charge in [0.2, 0.25) is 6.04 Å². The lowest BCUT2D eigenvalue weighted by Gasteiger charge is -2.23. The van der Waals surface area contributed by atoms with E-state index in [1.54, 1.807) is 0 Å². The van der Waals surface area contributed by atoms with Gasteiger partial charge < -0.3 is 4.90 Å².